The van der Waals surface area contributed by atoms with E-state index in [9.17, 15) is 9.18 Å². The lowest BCUT2D eigenvalue weighted by Crippen LogP contribution is -2.37. The van der Waals surface area contributed by atoms with Gasteiger partial charge in [-0.3, -0.25) is 14.3 Å². The molecular formula is C22H25Cl2FN6O2. The summed E-state index contributed by atoms with van der Waals surface area (Å²) in [6.07, 6.45) is 6.93. The molecule has 2 N–H and O–H groups in total. The molecule has 8 nitrogen and oxygen atoms in total. The normalized spacial score (nSPS) is 18.3. The number of amides is 1. The van der Waals surface area contributed by atoms with Gasteiger partial charge < -0.3 is 15.4 Å². The standard InChI is InChI=1S/C22H25Cl2FN6O2/c1-12-3-5-13(6-4-12)27-20(32)14-9-17-19(30-21(14)33-8-7-25)31(2)22(28-17)29-18-15(23)10-26-11-16(18)24/h9-13H,3-8H2,1-2H3,(H,27,32)(H,26,28,29)/t12-,13-. The predicted octanol–water partition coefficient (Wildman–Crippen LogP) is 5.07. The summed E-state index contributed by atoms with van der Waals surface area (Å²) in [5.41, 5.74) is 1.59. The Balaban J connectivity index is 1.67. The summed E-state index contributed by atoms with van der Waals surface area (Å²) in [6.45, 7) is 1.32. The molecule has 11 heteroatoms. The van der Waals surface area contributed by atoms with Crippen LogP contribution in [0.2, 0.25) is 10.0 Å². The average molecular weight is 495 g/mol. The van der Waals surface area contributed by atoms with Gasteiger partial charge in [0.15, 0.2) is 5.65 Å². The van der Waals surface area contributed by atoms with Crippen LogP contribution >= 0.6 is 23.2 Å². The number of anilines is 2. The smallest absolute Gasteiger partial charge is 0.257 e. The molecule has 1 aliphatic rings. The lowest BCUT2D eigenvalue weighted by atomic mass is 9.87. The Bertz CT molecular complexity index is 1140. The predicted molar refractivity (Wildman–Crippen MR) is 126 cm³/mol. The highest BCUT2D eigenvalue weighted by Crippen LogP contribution is 2.33. The van der Waals surface area contributed by atoms with E-state index < -0.39 is 6.67 Å². The number of aryl methyl sites for hydroxylation is 1. The molecule has 3 aromatic rings. The number of aromatic nitrogens is 4. The number of pyridine rings is 2. The van der Waals surface area contributed by atoms with Crippen molar-refractivity contribution >= 4 is 51.9 Å². The van der Waals surface area contributed by atoms with Crippen molar-refractivity contribution in [2.75, 3.05) is 18.6 Å². The fourth-order valence-electron chi connectivity index (χ4n) is 3.93. The summed E-state index contributed by atoms with van der Waals surface area (Å²) in [5.74, 6) is 0.832. The van der Waals surface area contributed by atoms with Crippen LogP contribution in [0.4, 0.5) is 16.0 Å². The van der Waals surface area contributed by atoms with Crippen LogP contribution in [-0.4, -0.2) is 44.7 Å². The molecule has 1 aliphatic carbocycles. The molecule has 1 saturated carbocycles. The van der Waals surface area contributed by atoms with E-state index >= 15 is 0 Å². The van der Waals surface area contributed by atoms with Crippen molar-refractivity contribution in [3.63, 3.8) is 0 Å². The molecule has 0 atom stereocenters. The fraction of sp³-hybridized carbons (Fsp3) is 0.455. The minimum absolute atomic E-state index is 0.0661. The largest absolute Gasteiger partial charge is 0.474 e. The molecule has 176 valence electrons. The molecule has 0 spiro atoms. The number of alkyl halides is 1. The zero-order chi connectivity index (χ0) is 23.5. The van der Waals surface area contributed by atoms with Gasteiger partial charge in [-0.2, -0.15) is 4.98 Å². The molecule has 0 unspecified atom stereocenters. The molecule has 0 radical (unpaired) electrons. The summed E-state index contributed by atoms with van der Waals surface area (Å²) in [7, 11) is 1.75. The number of halogens is 3. The second kappa shape index (κ2) is 10.1. The molecule has 1 fully saturated rings. The first-order valence-corrected chi connectivity index (χ1v) is 11.6. The van der Waals surface area contributed by atoms with Gasteiger partial charge in [0.1, 0.15) is 24.4 Å². The van der Waals surface area contributed by atoms with Crippen molar-refractivity contribution in [3.05, 3.63) is 34.1 Å². The Labute approximate surface area is 200 Å². The maximum absolute atomic E-state index is 13.1. The van der Waals surface area contributed by atoms with Crippen LogP contribution in [0, 0.1) is 5.92 Å². The van der Waals surface area contributed by atoms with E-state index in [1.165, 1.54) is 12.4 Å². The van der Waals surface area contributed by atoms with Crippen molar-refractivity contribution in [3.8, 4) is 5.88 Å². The van der Waals surface area contributed by atoms with Gasteiger partial charge >= 0.3 is 0 Å². The third kappa shape index (κ3) is 5.14. The van der Waals surface area contributed by atoms with E-state index in [-0.39, 0.29) is 30.0 Å². The summed E-state index contributed by atoms with van der Waals surface area (Å²) in [6, 6.07) is 1.70. The Morgan fingerprint density at radius 1 is 1.21 bits per heavy atom. The highest BCUT2D eigenvalue weighted by molar-refractivity contribution is 6.39. The molecule has 4 rings (SSSR count). The molecule has 33 heavy (non-hydrogen) atoms. The minimum Gasteiger partial charge on any atom is -0.474 e. The number of nitrogens with zero attached hydrogens (tertiary/aromatic N) is 4. The SMILES string of the molecule is Cn1c(Nc2c(Cl)cncc2Cl)nc2cc(C(=O)N[C@H]3CC[C@H](C)CC3)c(OCCF)nc21. The number of carbonyl (C=O) groups is 1. The van der Waals surface area contributed by atoms with Gasteiger partial charge in [-0.25, -0.2) is 9.37 Å². The van der Waals surface area contributed by atoms with Gasteiger partial charge in [0.05, 0.1) is 15.7 Å². The third-order valence-corrected chi connectivity index (χ3v) is 6.38. The molecular weight excluding hydrogens is 470 g/mol. The average Bonchev–Trinajstić information content (AvgIpc) is 3.10. The Hall–Kier alpha value is -2.65. The summed E-state index contributed by atoms with van der Waals surface area (Å²) in [4.78, 5) is 26.0. The zero-order valence-electron chi connectivity index (χ0n) is 18.4. The van der Waals surface area contributed by atoms with Gasteiger partial charge in [0.25, 0.3) is 5.91 Å². The summed E-state index contributed by atoms with van der Waals surface area (Å²) < 4.78 is 20.0. The lowest BCUT2D eigenvalue weighted by molar-refractivity contribution is 0.0917. The highest BCUT2D eigenvalue weighted by Gasteiger charge is 2.24. The zero-order valence-corrected chi connectivity index (χ0v) is 19.9. The van der Waals surface area contributed by atoms with E-state index in [2.05, 4.69) is 32.5 Å². The second-order valence-electron chi connectivity index (χ2n) is 8.25. The molecule has 3 heterocycles. The highest BCUT2D eigenvalue weighted by atomic mass is 35.5. The monoisotopic (exact) mass is 494 g/mol. The Morgan fingerprint density at radius 2 is 1.91 bits per heavy atom. The minimum atomic E-state index is -0.696. The number of fused-ring (bicyclic) bond motifs is 1. The van der Waals surface area contributed by atoms with Crippen molar-refractivity contribution in [1.29, 1.82) is 0 Å². The van der Waals surface area contributed by atoms with Crippen molar-refractivity contribution < 1.29 is 13.9 Å². The van der Waals surface area contributed by atoms with Crippen molar-refractivity contribution in [2.24, 2.45) is 13.0 Å². The van der Waals surface area contributed by atoms with Crippen LogP contribution in [0.3, 0.4) is 0 Å². The second-order valence-corrected chi connectivity index (χ2v) is 9.06. The van der Waals surface area contributed by atoms with E-state index in [0.29, 0.717) is 38.8 Å². The first-order valence-electron chi connectivity index (χ1n) is 10.8. The first kappa shape index (κ1) is 23.5. The van der Waals surface area contributed by atoms with E-state index in [1.807, 2.05) is 0 Å². The molecule has 0 bridgehead atoms. The Morgan fingerprint density at radius 3 is 2.58 bits per heavy atom. The van der Waals surface area contributed by atoms with Crippen LogP contribution in [-0.2, 0) is 7.05 Å². The van der Waals surface area contributed by atoms with Crippen LogP contribution in [0.5, 0.6) is 5.88 Å². The maximum atomic E-state index is 13.1. The van der Waals surface area contributed by atoms with E-state index in [0.717, 1.165) is 25.7 Å². The fourth-order valence-corrected chi connectivity index (χ4v) is 4.38. The van der Waals surface area contributed by atoms with Crippen molar-refractivity contribution in [1.82, 2.24) is 24.8 Å². The van der Waals surface area contributed by atoms with Crippen LogP contribution in [0.1, 0.15) is 43.0 Å². The van der Waals surface area contributed by atoms with Crippen LogP contribution in [0.15, 0.2) is 18.5 Å². The lowest BCUT2D eigenvalue weighted by Gasteiger charge is -2.27. The van der Waals surface area contributed by atoms with Gasteiger partial charge in [-0.15, -0.1) is 0 Å². The number of nitrogens with one attached hydrogen (secondary N) is 2. The van der Waals surface area contributed by atoms with Crippen LogP contribution in [0.25, 0.3) is 11.2 Å². The maximum Gasteiger partial charge on any atom is 0.257 e. The molecule has 0 aliphatic heterocycles. The van der Waals surface area contributed by atoms with Crippen LogP contribution < -0.4 is 15.4 Å². The number of rotatable bonds is 7. The molecule has 1 amide bonds. The number of hydrogen-bond donors (Lipinski definition) is 2. The van der Waals surface area contributed by atoms with Gasteiger partial charge in [-0.05, 0) is 37.7 Å². The topological polar surface area (TPSA) is 94.0 Å². The van der Waals surface area contributed by atoms with E-state index in [4.69, 9.17) is 27.9 Å². The van der Waals surface area contributed by atoms with E-state index in [1.54, 1.807) is 17.7 Å². The molecule has 0 aromatic carbocycles. The van der Waals surface area contributed by atoms with Gasteiger partial charge in [-0.1, -0.05) is 30.1 Å². The number of hydrogen-bond acceptors (Lipinski definition) is 6. The molecule has 3 aromatic heterocycles. The summed E-state index contributed by atoms with van der Waals surface area (Å²) in [5, 5.41) is 6.81. The molecule has 0 saturated heterocycles. The quantitative estimate of drug-likeness (QED) is 0.476. The number of imidazole rings is 1. The van der Waals surface area contributed by atoms with Crippen molar-refractivity contribution in [2.45, 2.75) is 38.6 Å². The van der Waals surface area contributed by atoms with Gasteiger partial charge in [0, 0.05) is 25.5 Å². The Kier molecular flexibility index (Phi) is 7.19. The number of carbonyl (C=O) groups excluding carboxylic acids is 1. The first-order chi connectivity index (χ1) is 15.9. The van der Waals surface area contributed by atoms with Gasteiger partial charge in [0.2, 0.25) is 11.8 Å². The third-order valence-electron chi connectivity index (χ3n) is 5.81. The number of ether oxygens (including phenoxy) is 1. The summed E-state index contributed by atoms with van der Waals surface area (Å²) >= 11 is 12.4.